The normalized spacial score (nSPS) is 16.4. The third-order valence-electron chi connectivity index (χ3n) is 3.95. The van der Waals surface area contributed by atoms with Crippen molar-refractivity contribution < 1.29 is 9.90 Å². The van der Waals surface area contributed by atoms with Crippen molar-refractivity contribution in [2.45, 2.75) is 31.4 Å². The van der Waals surface area contributed by atoms with Gasteiger partial charge in [-0.2, -0.15) is 5.10 Å². The Balaban J connectivity index is 1.74. The highest BCUT2D eigenvalue weighted by molar-refractivity contribution is 5.81. The number of benzene rings is 1. The number of para-hydroxylation sites is 1. The zero-order chi connectivity index (χ0) is 14.9. The molecule has 2 aromatic rings. The molecular formula is C15H17N3O3. The first-order valence-electron chi connectivity index (χ1n) is 7.01. The van der Waals surface area contributed by atoms with Crippen LogP contribution in [0.1, 0.15) is 19.3 Å². The lowest BCUT2D eigenvalue weighted by Crippen LogP contribution is -2.48. The number of amides is 1. The average Bonchev–Trinajstić information content (AvgIpc) is 2.46. The molecule has 0 unspecified atom stereocenters. The number of aromatic nitrogens is 2. The van der Waals surface area contributed by atoms with Crippen LogP contribution in [-0.4, -0.2) is 32.9 Å². The summed E-state index contributed by atoms with van der Waals surface area (Å²) in [6, 6.07) is 7.05. The number of carbonyl (C=O) groups is 1. The predicted octanol–water partition coefficient (Wildman–Crippen LogP) is 0.428. The van der Waals surface area contributed by atoms with Gasteiger partial charge in [-0.25, -0.2) is 0 Å². The van der Waals surface area contributed by atoms with Crippen molar-refractivity contribution >= 4 is 16.8 Å². The van der Waals surface area contributed by atoms with Gasteiger partial charge in [0.05, 0.1) is 17.3 Å². The lowest BCUT2D eigenvalue weighted by atomic mass is 9.80. The van der Waals surface area contributed by atoms with Crippen molar-refractivity contribution in [3.63, 3.8) is 0 Å². The van der Waals surface area contributed by atoms with Gasteiger partial charge < -0.3 is 10.4 Å². The van der Waals surface area contributed by atoms with Crippen LogP contribution in [0.2, 0.25) is 0 Å². The molecule has 1 aliphatic rings. The van der Waals surface area contributed by atoms with Crippen molar-refractivity contribution in [1.29, 1.82) is 0 Å². The van der Waals surface area contributed by atoms with Gasteiger partial charge in [-0.05, 0) is 31.4 Å². The number of nitrogens with zero attached hydrogens (tertiary/aromatic N) is 2. The minimum atomic E-state index is -0.741. The number of fused-ring (bicyclic) bond motifs is 1. The summed E-state index contributed by atoms with van der Waals surface area (Å²) >= 11 is 0. The minimum Gasteiger partial charge on any atom is -0.388 e. The van der Waals surface area contributed by atoms with Gasteiger partial charge in [0.25, 0.3) is 0 Å². The summed E-state index contributed by atoms with van der Waals surface area (Å²) in [5.74, 6) is -0.225. The van der Waals surface area contributed by atoms with Crippen molar-refractivity contribution in [2.75, 3.05) is 6.54 Å². The fourth-order valence-corrected chi connectivity index (χ4v) is 2.50. The molecule has 1 fully saturated rings. The molecule has 0 bridgehead atoms. The third kappa shape index (κ3) is 2.80. The fraction of sp³-hybridized carbons (Fsp3) is 0.400. The van der Waals surface area contributed by atoms with Gasteiger partial charge in [-0.3, -0.25) is 14.3 Å². The van der Waals surface area contributed by atoms with E-state index in [1.165, 1.54) is 10.9 Å². The molecule has 1 saturated carbocycles. The Kier molecular flexibility index (Phi) is 3.47. The Morgan fingerprint density at radius 3 is 2.86 bits per heavy atom. The average molecular weight is 287 g/mol. The van der Waals surface area contributed by atoms with Crippen LogP contribution in [0.15, 0.2) is 35.3 Å². The van der Waals surface area contributed by atoms with Gasteiger partial charge in [0.1, 0.15) is 6.54 Å². The van der Waals surface area contributed by atoms with Gasteiger partial charge in [0.2, 0.25) is 11.3 Å². The molecule has 110 valence electrons. The molecule has 1 aromatic carbocycles. The Bertz CT molecular complexity index is 734. The minimum absolute atomic E-state index is 0.0247. The van der Waals surface area contributed by atoms with E-state index in [0.717, 1.165) is 19.3 Å². The van der Waals surface area contributed by atoms with E-state index in [9.17, 15) is 14.7 Å². The highest BCUT2D eigenvalue weighted by Gasteiger charge is 2.34. The molecule has 1 amide bonds. The van der Waals surface area contributed by atoms with Crippen LogP contribution < -0.4 is 10.7 Å². The summed E-state index contributed by atoms with van der Waals surface area (Å²) in [6.07, 6.45) is 3.67. The van der Waals surface area contributed by atoms with Crippen molar-refractivity contribution in [3.05, 3.63) is 40.7 Å². The number of hydrogen-bond acceptors (Lipinski definition) is 4. The first-order valence-corrected chi connectivity index (χ1v) is 7.01. The third-order valence-corrected chi connectivity index (χ3v) is 3.95. The maximum absolute atomic E-state index is 12.0. The fourth-order valence-electron chi connectivity index (χ4n) is 2.50. The van der Waals surface area contributed by atoms with Crippen LogP contribution in [0.4, 0.5) is 0 Å². The molecule has 0 atom stereocenters. The Hall–Kier alpha value is -2.21. The highest BCUT2D eigenvalue weighted by atomic mass is 16.3. The molecule has 3 rings (SSSR count). The van der Waals surface area contributed by atoms with Crippen LogP contribution in [0, 0.1) is 0 Å². The molecule has 6 nitrogen and oxygen atoms in total. The molecule has 0 saturated heterocycles. The Morgan fingerprint density at radius 1 is 1.38 bits per heavy atom. The summed E-state index contributed by atoms with van der Waals surface area (Å²) in [5, 5.41) is 17.2. The molecule has 0 aliphatic heterocycles. The van der Waals surface area contributed by atoms with E-state index in [1.54, 1.807) is 24.3 Å². The zero-order valence-corrected chi connectivity index (χ0v) is 11.6. The molecule has 6 heteroatoms. The van der Waals surface area contributed by atoms with Gasteiger partial charge >= 0.3 is 0 Å². The number of aliphatic hydroxyl groups is 1. The molecule has 0 spiro atoms. The van der Waals surface area contributed by atoms with E-state index in [0.29, 0.717) is 10.9 Å². The van der Waals surface area contributed by atoms with Crippen molar-refractivity contribution in [1.82, 2.24) is 15.1 Å². The Labute approximate surface area is 121 Å². The quantitative estimate of drug-likeness (QED) is 0.854. The second-order valence-electron chi connectivity index (χ2n) is 5.54. The standard InChI is InChI=1S/C15H17N3O3/c19-13-8-17-18(12-5-2-1-4-11(12)13)9-14(20)16-10-15(21)6-3-7-15/h1-2,4-5,8,21H,3,6-7,9-10H2,(H,16,20). The summed E-state index contributed by atoms with van der Waals surface area (Å²) in [5.41, 5.74) is -0.275. The van der Waals surface area contributed by atoms with Crippen LogP contribution in [-0.2, 0) is 11.3 Å². The van der Waals surface area contributed by atoms with E-state index in [2.05, 4.69) is 10.4 Å². The number of carbonyl (C=O) groups excluding carboxylic acids is 1. The van der Waals surface area contributed by atoms with E-state index < -0.39 is 5.60 Å². The van der Waals surface area contributed by atoms with E-state index in [4.69, 9.17) is 0 Å². The summed E-state index contributed by atoms with van der Waals surface area (Å²) in [6.45, 7) is 0.292. The monoisotopic (exact) mass is 287 g/mol. The summed E-state index contributed by atoms with van der Waals surface area (Å²) in [4.78, 5) is 23.7. The molecule has 21 heavy (non-hydrogen) atoms. The highest BCUT2D eigenvalue weighted by Crippen LogP contribution is 2.30. The summed E-state index contributed by atoms with van der Waals surface area (Å²) in [7, 11) is 0. The number of rotatable bonds is 4. The van der Waals surface area contributed by atoms with Crippen LogP contribution >= 0.6 is 0 Å². The first-order chi connectivity index (χ1) is 10.1. The first kappa shape index (κ1) is 13.8. The zero-order valence-electron chi connectivity index (χ0n) is 11.6. The SMILES string of the molecule is O=C(Cn1ncc(=O)c2ccccc21)NCC1(O)CCC1. The lowest BCUT2D eigenvalue weighted by molar-refractivity contribution is -0.124. The predicted molar refractivity (Wildman–Crippen MR) is 77.8 cm³/mol. The lowest BCUT2D eigenvalue weighted by Gasteiger charge is -2.36. The van der Waals surface area contributed by atoms with Gasteiger partial charge in [-0.15, -0.1) is 0 Å². The van der Waals surface area contributed by atoms with E-state index in [-0.39, 0.29) is 24.4 Å². The van der Waals surface area contributed by atoms with Gasteiger partial charge in [-0.1, -0.05) is 12.1 Å². The molecular weight excluding hydrogens is 270 g/mol. The van der Waals surface area contributed by atoms with E-state index in [1.807, 2.05) is 0 Å². The van der Waals surface area contributed by atoms with Gasteiger partial charge in [0, 0.05) is 11.9 Å². The molecule has 2 N–H and O–H groups in total. The van der Waals surface area contributed by atoms with E-state index >= 15 is 0 Å². The molecule has 1 aliphatic carbocycles. The molecule has 1 heterocycles. The maximum Gasteiger partial charge on any atom is 0.241 e. The molecule has 1 aromatic heterocycles. The smallest absolute Gasteiger partial charge is 0.241 e. The van der Waals surface area contributed by atoms with Crippen LogP contribution in [0.25, 0.3) is 10.9 Å². The largest absolute Gasteiger partial charge is 0.388 e. The topological polar surface area (TPSA) is 84.2 Å². The van der Waals surface area contributed by atoms with Crippen LogP contribution in [0.3, 0.4) is 0 Å². The van der Waals surface area contributed by atoms with Crippen LogP contribution in [0.5, 0.6) is 0 Å². The second-order valence-corrected chi connectivity index (χ2v) is 5.54. The molecule has 0 radical (unpaired) electrons. The Morgan fingerprint density at radius 2 is 2.14 bits per heavy atom. The maximum atomic E-state index is 12.0. The summed E-state index contributed by atoms with van der Waals surface area (Å²) < 4.78 is 1.50. The second kappa shape index (κ2) is 5.29. The number of hydrogen-bond donors (Lipinski definition) is 2. The van der Waals surface area contributed by atoms with Crippen molar-refractivity contribution in [3.8, 4) is 0 Å². The van der Waals surface area contributed by atoms with Gasteiger partial charge in [0.15, 0.2) is 0 Å². The van der Waals surface area contributed by atoms with Crippen molar-refractivity contribution in [2.24, 2.45) is 0 Å². The number of nitrogens with one attached hydrogen (secondary N) is 1.